The minimum Gasteiger partial charge on any atom is -0.353 e. The maximum Gasteiger partial charge on any atom is 0.342 e. The van der Waals surface area contributed by atoms with Gasteiger partial charge in [0.05, 0.1) is 11.9 Å². The van der Waals surface area contributed by atoms with E-state index in [-0.39, 0.29) is 42.4 Å². The molecule has 3 aliphatic heterocycles. The molecule has 0 radical (unpaired) electrons. The molecule has 2 aliphatic carbocycles. The number of benzene rings is 1. The van der Waals surface area contributed by atoms with Crippen LogP contribution in [0.5, 0.6) is 0 Å². The molecule has 1 aromatic carbocycles. The summed E-state index contributed by atoms with van der Waals surface area (Å²) < 4.78 is 1.36. The molecule has 5 fully saturated rings. The van der Waals surface area contributed by atoms with Gasteiger partial charge in [-0.2, -0.15) is 9.78 Å². The summed E-state index contributed by atoms with van der Waals surface area (Å²) in [6.07, 6.45) is 10.9. The van der Waals surface area contributed by atoms with Crippen LogP contribution in [0.1, 0.15) is 80.3 Å². The van der Waals surface area contributed by atoms with E-state index in [1.54, 1.807) is 0 Å². The fourth-order valence-electron chi connectivity index (χ4n) is 6.85. The summed E-state index contributed by atoms with van der Waals surface area (Å²) in [4.78, 5) is 44.1. The Hall–Kier alpha value is -2.94. The summed E-state index contributed by atoms with van der Waals surface area (Å²) in [5.41, 5.74) is 1.75. The molecule has 9 nitrogen and oxygen atoms in total. The molecule has 198 valence electrons. The summed E-state index contributed by atoms with van der Waals surface area (Å²) in [5, 5.41) is 11.5. The molecule has 1 aromatic heterocycles. The molecule has 7 rings (SSSR count). The Bertz CT molecular complexity index is 1200. The zero-order chi connectivity index (χ0) is 25.5. The van der Waals surface area contributed by atoms with Gasteiger partial charge in [-0.15, -0.1) is 0 Å². The quantitative estimate of drug-likeness (QED) is 0.649. The van der Waals surface area contributed by atoms with E-state index in [1.807, 2.05) is 23.1 Å². The molecule has 3 saturated heterocycles. The molecule has 2 bridgehead atoms. The number of carbonyl (C=O) groups is 3. The number of fused-ring (bicyclic) bond motifs is 4. The molecule has 2 atom stereocenters. The van der Waals surface area contributed by atoms with Crippen molar-refractivity contribution in [1.82, 2.24) is 30.2 Å². The van der Waals surface area contributed by atoms with Crippen molar-refractivity contribution in [3.8, 4) is 0 Å². The third kappa shape index (κ3) is 4.85. The van der Waals surface area contributed by atoms with E-state index in [1.165, 1.54) is 17.5 Å². The van der Waals surface area contributed by atoms with Gasteiger partial charge in [-0.1, -0.05) is 31.7 Å². The average Bonchev–Trinajstić information content (AvgIpc) is 3.65. The van der Waals surface area contributed by atoms with Crippen LogP contribution in [0.2, 0.25) is 0 Å². The Morgan fingerprint density at radius 2 is 1.57 bits per heavy atom. The number of hydrogen-bond donors (Lipinski definition) is 2. The first-order valence-corrected chi connectivity index (χ1v) is 14.1. The highest BCUT2D eigenvalue weighted by Crippen LogP contribution is 2.31. The van der Waals surface area contributed by atoms with Gasteiger partial charge >= 0.3 is 6.03 Å². The number of nitrogens with one attached hydrogen (secondary N) is 2. The van der Waals surface area contributed by atoms with Gasteiger partial charge in [-0.25, -0.2) is 4.79 Å². The zero-order valence-electron chi connectivity index (χ0n) is 21.7. The minimum absolute atomic E-state index is 0.00173. The second-order valence-corrected chi connectivity index (χ2v) is 11.6. The zero-order valence-corrected chi connectivity index (χ0v) is 21.7. The highest BCUT2D eigenvalue weighted by molar-refractivity contribution is 6.07. The maximum absolute atomic E-state index is 13.9. The number of amides is 3. The number of hydrogen-bond acceptors (Lipinski definition) is 5. The van der Waals surface area contributed by atoms with Gasteiger partial charge in [0, 0.05) is 42.6 Å². The highest BCUT2D eigenvalue weighted by atomic mass is 16.2. The lowest BCUT2D eigenvalue weighted by Gasteiger charge is -2.50. The van der Waals surface area contributed by atoms with E-state index in [2.05, 4.69) is 27.7 Å². The predicted octanol–water partition coefficient (Wildman–Crippen LogP) is 3.06. The van der Waals surface area contributed by atoms with Crippen LogP contribution in [0.15, 0.2) is 18.2 Å². The van der Waals surface area contributed by atoms with Crippen LogP contribution in [0.4, 0.5) is 4.79 Å². The molecule has 37 heavy (non-hydrogen) atoms. The molecular formula is C28H38N6O3. The third-order valence-electron chi connectivity index (χ3n) is 8.97. The van der Waals surface area contributed by atoms with Gasteiger partial charge in [-0.05, 0) is 63.3 Å². The van der Waals surface area contributed by atoms with Gasteiger partial charge in [0.15, 0.2) is 5.69 Å². The van der Waals surface area contributed by atoms with E-state index in [9.17, 15) is 14.4 Å². The third-order valence-corrected chi connectivity index (χ3v) is 8.97. The Kier molecular flexibility index (Phi) is 6.65. The lowest BCUT2D eigenvalue weighted by atomic mass is 9.91. The van der Waals surface area contributed by atoms with Gasteiger partial charge < -0.3 is 15.5 Å². The van der Waals surface area contributed by atoms with Crippen molar-refractivity contribution in [1.29, 1.82) is 0 Å². The molecular weight excluding hydrogens is 468 g/mol. The first-order chi connectivity index (χ1) is 18.0. The average molecular weight is 507 g/mol. The normalized spacial score (nSPS) is 24.7. The van der Waals surface area contributed by atoms with Crippen LogP contribution in [-0.4, -0.2) is 81.7 Å². The standard InChI is InChI=1S/C28H38N6O3/c1-32-16-22-12-11-21(32)17-33(22)27(36)26-23-14-18(15-25(35)29-19-6-2-3-7-19)10-13-24(23)34(31-26)28(37)30-20-8-4-5-9-20/h10,13-14,19-22H,2-9,11-12,15-17H2,1H3,(H,29,35)(H,30,37). The Morgan fingerprint density at radius 1 is 0.892 bits per heavy atom. The van der Waals surface area contributed by atoms with Crippen LogP contribution in [0, 0.1) is 0 Å². The summed E-state index contributed by atoms with van der Waals surface area (Å²) in [6.45, 7) is 1.55. The lowest BCUT2D eigenvalue weighted by Crippen LogP contribution is -2.62. The van der Waals surface area contributed by atoms with E-state index in [4.69, 9.17) is 0 Å². The van der Waals surface area contributed by atoms with E-state index in [0.717, 1.165) is 63.5 Å². The molecule has 9 heteroatoms. The number of piperazine rings is 1. The number of piperidine rings is 2. The van der Waals surface area contributed by atoms with E-state index >= 15 is 0 Å². The summed E-state index contributed by atoms with van der Waals surface area (Å²) in [6, 6.07) is 6.25. The molecule has 3 amide bonds. The second kappa shape index (κ2) is 10.1. The van der Waals surface area contributed by atoms with Crippen molar-refractivity contribution in [2.24, 2.45) is 0 Å². The molecule has 4 heterocycles. The van der Waals surface area contributed by atoms with Crippen molar-refractivity contribution >= 4 is 28.7 Å². The van der Waals surface area contributed by atoms with E-state index < -0.39 is 0 Å². The number of likely N-dealkylation sites (N-methyl/N-ethyl adjacent to an activating group) is 1. The largest absolute Gasteiger partial charge is 0.353 e. The molecule has 0 spiro atoms. The number of aromatic nitrogens is 2. The summed E-state index contributed by atoms with van der Waals surface area (Å²) in [5.74, 6) is -0.116. The first-order valence-electron chi connectivity index (χ1n) is 14.1. The smallest absolute Gasteiger partial charge is 0.342 e. The molecule has 2 saturated carbocycles. The lowest BCUT2D eigenvalue weighted by molar-refractivity contribution is -0.121. The predicted molar refractivity (Wildman–Crippen MR) is 140 cm³/mol. The van der Waals surface area contributed by atoms with Gasteiger partial charge in [-0.3, -0.25) is 14.5 Å². The van der Waals surface area contributed by atoms with Crippen LogP contribution in [0.3, 0.4) is 0 Å². The van der Waals surface area contributed by atoms with Gasteiger partial charge in [0.2, 0.25) is 5.91 Å². The van der Waals surface area contributed by atoms with Crippen LogP contribution >= 0.6 is 0 Å². The SMILES string of the molecule is CN1CC2CCC1CN2C(=O)c1nn(C(=O)NC2CCCC2)c2ccc(CC(=O)NC3CCCC3)cc12. The monoisotopic (exact) mass is 506 g/mol. The summed E-state index contributed by atoms with van der Waals surface area (Å²) in [7, 11) is 2.12. The number of nitrogens with zero attached hydrogens (tertiary/aromatic N) is 4. The Labute approximate surface area is 217 Å². The fourth-order valence-corrected chi connectivity index (χ4v) is 6.85. The number of rotatable bonds is 5. The Balaban J connectivity index is 1.30. The van der Waals surface area contributed by atoms with Crippen LogP contribution < -0.4 is 10.6 Å². The molecule has 5 aliphatic rings. The van der Waals surface area contributed by atoms with E-state index in [0.29, 0.717) is 29.2 Å². The van der Waals surface area contributed by atoms with Crippen LogP contribution in [-0.2, 0) is 11.2 Å². The van der Waals surface area contributed by atoms with Crippen molar-refractivity contribution in [3.05, 3.63) is 29.5 Å². The van der Waals surface area contributed by atoms with Gasteiger partial charge in [0.25, 0.3) is 5.91 Å². The molecule has 2 aromatic rings. The van der Waals surface area contributed by atoms with Crippen molar-refractivity contribution in [2.75, 3.05) is 20.1 Å². The Morgan fingerprint density at radius 3 is 2.22 bits per heavy atom. The van der Waals surface area contributed by atoms with Crippen molar-refractivity contribution in [3.63, 3.8) is 0 Å². The second-order valence-electron chi connectivity index (χ2n) is 11.6. The van der Waals surface area contributed by atoms with Crippen molar-refractivity contribution in [2.45, 2.75) is 94.8 Å². The minimum atomic E-state index is -0.289. The maximum atomic E-state index is 13.9. The highest BCUT2D eigenvalue weighted by Gasteiger charge is 2.41. The number of carbonyl (C=O) groups excluding carboxylic acids is 3. The summed E-state index contributed by atoms with van der Waals surface area (Å²) >= 11 is 0. The van der Waals surface area contributed by atoms with Crippen molar-refractivity contribution < 1.29 is 14.4 Å². The topological polar surface area (TPSA) is 99.6 Å². The molecule has 2 N–H and O–H groups in total. The van der Waals surface area contributed by atoms with Crippen LogP contribution in [0.25, 0.3) is 10.9 Å². The first kappa shape index (κ1) is 24.4. The fraction of sp³-hybridized carbons (Fsp3) is 0.643. The molecule has 2 unspecified atom stereocenters. The van der Waals surface area contributed by atoms with Gasteiger partial charge in [0.1, 0.15) is 0 Å².